The molecule has 17 heavy (non-hydrogen) atoms. The van der Waals surface area contributed by atoms with Crippen LogP contribution in [0.5, 0.6) is 0 Å². The maximum atomic E-state index is 10.7. The van der Waals surface area contributed by atoms with Crippen LogP contribution in [0.1, 0.15) is 24.8 Å². The molecule has 0 heterocycles. The molecule has 1 aromatic carbocycles. The van der Waals surface area contributed by atoms with Crippen LogP contribution in [0.3, 0.4) is 0 Å². The van der Waals surface area contributed by atoms with Crippen LogP contribution >= 0.6 is 0 Å². The zero-order valence-corrected chi connectivity index (χ0v) is 9.90. The highest BCUT2D eigenvalue weighted by atomic mass is 16.6. The van der Waals surface area contributed by atoms with Crippen LogP contribution in [0.4, 0.5) is 11.4 Å². The summed E-state index contributed by atoms with van der Waals surface area (Å²) in [6.45, 7) is 2.60. The van der Waals surface area contributed by atoms with Crippen molar-refractivity contribution in [3.63, 3.8) is 0 Å². The lowest BCUT2D eigenvalue weighted by Crippen LogP contribution is -2.52. The fourth-order valence-corrected chi connectivity index (χ4v) is 1.99. The molecule has 2 rings (SSSR count). The highest BCUT2D eigenvalue weighted by molar-refractivity contribution is 5.57. The molecule has 0 aromatic heterocycles. The standard InChI is InChI=1S/C12H17N3O2/c1-9-3-4-10(15(16)17)7-11(9)14-8-12(13)5-2-6-12/h3-4,7,14H,2,5-6,8,13H2,1H3. The van der Waals surface area contributed by atoms with E-state index in [1.165, 1.54) is 12.5 Å². The first-order valence-corrected chi connectivity index (χ1v) is 5.78. The molecule has 1 aromatic rings. The fourth-order valence-electron chi connectivity index (χ4n) is 1.99. The van der Waals surface area contributed by atoms with Gasteiger partial charge in [-0.05, 0) is 31.7 Å². The van der Waals surface area contributed by atoms with Crippen molar-refractivity contribution < 1.29 is 4.92 Å². The van der Waals surface area contributed by atoms with Crippen LogP contribution in [0.25, 0.3) is 0 Å². The number of non-ortho nitro benzene ring substituents is 1. The minimum atomic E-state index is -0.383. The first-order valence-electron chi connectivity index (χ1n) is 5.78. The molecule has 0 unspecified atom stereocenters. The second kappa shape index (κ2) is 4.33. The molecule has 5 heteroatoms. The van der Waals surface area contributed by atoms with Crippen molar-refractivity contribution in [2.45, 2.75) is 31.7 Å². The van der Waals surface area contributed by atoms with Crippen LogP contribution in [0.15, 0.2) is 18.2 Å². The van der Waals surface area contributed by atoms with Gasteiger partial charge in [0.15, 0.2) is 0 Å². The van der Waals surface area contributed by atoms with Crippen molar-refractivity contribution in [2.24, 2.45) is 5.73 Å². The summed E-state index contributed by atoms with van der Waals surface area (Å²) in [5, 5.41) is 13.9. The summed E-state index contributed by atoms with van der Waals surface area (Å²) in [5.74, 6) is 0. The number of nitrogens with one attached hydrogen (secondary N) is 1. The third-order valence-corrected chi connectivity index (χ3v) is 3.41. The molecular weight excluding hydrogens is 218 g/mol. The monoisotopic (exact) mass is 235 g/mol. The summed E-state index contributed by atoms with van der Waals surface area (Å²) >= 11 is 0. The molecule has 1 aliphatic rings. The van der Waals surface area contributed by atoms with Gasteiger partial charge in [0.2, 0.25) is 0 Å². The summed E-state index contributed by atoms with van der Waals surface area (Å²) in [6.07, 6.45) is 3.22. The normalized spacial score (nSPS) is 17.3. The predicted octanol–water partition coefficient (Wildman–Crippen LogP) is 2.20. The summed E-state index contributed by atoms with van der Waals surface area (Å²) < 4.78 is 0. The first-order chi connectivity index (χ1) is 8.00. The molecule has 0 aliphatic heterocycles. The summed E-state index contributed by atoms with van der Waals surface area (Å²) in [6, 6.07) is 4.84. The number of hydrogen-bond donors (Lipinski definition) is 2. The molecule has 1 aliphatic carbocycles. The second-order valence-electron chi connectivity index (χ2n) is 4.83. The van der Waals surface area contributed by atoms with E-state index in [4.69, 9.17) is 5.73 Å². The molecule has 1 saturated carbocycles. The van der Waals surface area contributed by atoms with Gasteiger partial charge in [0.25, 0.3) is 5.69 Å². The van der Waals surface area contributed by atoms with Gasteiger partial charge in [-0.1, -0.05) is 6.07 Å². The SMILES string of the molecule is Cc1ccc([N+](=O)[O-])cc1NCC1(N)CCC1. The van der Waals surface area contributed by atoms with Gasteiger partial charge < -0.3 is 11.1 Å². The molecule has 1 fully saturated rings. The lowest BCUT2D eigenvalue weighted by atomic mass is 9.78. The molecular formula is C12H17N3O2. The number of aryl methyl sites for hydroxylation is 1. The highest BCUT2D eigenvalue weighted by Crippen LogP contribution is 2.30. The number of nitro benzene ring substituents is 1. The third kappa shape index (κ3) is 2.55. The van der Waals surface area contributed by atoms with Gasteiger partial charge in [0.1, 0.15) is 0 Å². The molecule has 5 nitrogen and oxygen atoms in total. The van der Waals surface area contributed by atoms with E-state index < -0.39 is 0 Å². The Morgan fingerprint density at radius 1 is 1.53 bits per heavy atom. The molecule has 0 bridgehead atoms. The zero-order valence-electron chi connectivity index (χ0n) is 9.90. The van der Waals surface area contributed by atoms with Crippen LogP contribution in [-0.2, 0) is 0 Å². The van der Waals surface area contributed by atoms with E-state index >= 15 is 0 Å². The number of nitrogens with zero attached hydrogens (tertiary/aromatic N) is 1. The number of anilines is 1. The topological polar surface area (TPSA) is 81.2 Å². The Bertz CT molecular complexity index is 441. The summed E-state index contributed by atoms with van der Waals surface area (Å²) in [4.78, 5) is 10.3. The number of hydrogen-bond acceptors (Lipinski definition) is 4. The highest BCUT2D eigenvalue weighted by Gasteiger charge is 2.32. The van der Waals surface area contributed by atoms with Crippen molar-refractivity contribution in [1.82, 2.24) is 0 Å². The fraction of sp³-hybridized carbons (Fsp3) is 0.500. The van der Waals surface area contributed by atoms with Gasteiger partial charge in [0.05, 0.1) is 4.92 Å². The minimum Gasteiger partial charge on any atom is -0.383 e. The Kier molecular flexibility index (Phi) is 3.02. The Hall–Kier alpha value is -1.62. The number of nitrogens with two attached hydrogens (primary N) is 1. The average Bonchev–Trinajstić information content (AvgIpc) is 2.25. The maximum absolute atomic E-state index is 10.7. The van der Waals surface area contributed by atoms with Crippen LogP contribution in [-0.4, -0.2) is 17.0 Å². The van der Waals surface area contributed by atoms with Crippen LogP contribution < -0.4 is 11.1 Å². The van der Waals surface area contributed by atoms with Gasteiger partial charge in [0, 0.05) is 29.9 Å². The minimum absolute atomic E-state index is 0.109. The van der Waals surface area contributed by atoms with Crippen molar-refractivity contribution in [2.75, 3.05) is 11.9 Å². The lowest BCUT2D eigenvalue weighted by molar-refractivity contribution is -0.384. The second-order valence-corrected chi connectivity index (χ2v) is 4.83. The molecule has 0 amide bonds. The van der Waals surface area contributed by atoms with Gasteiger partial charge in [-0.2, -0.15) is 0 Å². The molecule has 0 radical (unpaired) electrons. The average molecular weight is 235 g/mol. The molecule has 92 valence electrons. The summed E-state index contributed by atoms with van der Waals surface area (Å²) in [7, 11) is 0. The van der Waals surface area contributed by atoms with E-state index in [2.05, 4.69) is 5.32 Å². The smallest absolute Gasteiger partial charge is 0.271 e. The Morgan fingerprint density at radius 2 is 2.24 bits per heavy atom. The van der Waals surface area contributed by atoms with Crippen LogP contribution in [0.2, 0.25) is 0 Å². The summed E-state index contributed by atoms with van der Waals surface area (Å²) in [5.41, 5.74) is 7.88. The van der Waals surface area contributed by atoms with Crippen molar-refractivity contribution in [3.05, 3.63) is 33.9 Å². The maximum Gasteiger partial charge on any atom is 0.271 e. The largest absolute Gasteiger partial charge is 0.383 e. The van der Waals surface area contributed by atoms with Crippen molar-refractivity contribution in [3.8, 4) is 0 Å². The van der Waals surface area contributed by atoms with Gasteiger partial charge in [-0.3, -0.25) is 10.1 Å². The van der Waals surface area contributed by atoms with E-state index in [1.807, 2.05) is 6.92 Å². The van der Waals surface area contributed by atoms with Gasteiger partial charge in [-0.25, -0.2) is 0 Å². The van der Waals surface area contributed by atoms with E-state index in [0.717, 1.165) is 24.1 Å². The Morgan fingerprint density at radius 3 is 2.76 bits per heavy atom. The van der Waals surface area contributed by atoms with Crippen LogP contribution in [0, 0.1) is 17.0 Å². The zero-order chi connectivity index (χ0) is 12.5. The van der Waals surface area contributed by atoms with Crippen molar-refractivity contribution >= 4 is 11.4 Å². The molecule has 0 atom stereocenters. The quantitative estimate of drug-likeness (QED) is 0.619. The van der Waals surface area contributed by atoms with E-state index in [-0.39, 0.29) is 16.1 Å². The van der Waals surface area contributed by atoms with E-state index in [0.29, 0.717) is 6.54 Å². The predicted molar refractivity (Wildman–Crippen MR) is 67.1 cm³/mol. The van der Waals surface area contributed by atoms with Gasteiger partial charge >= 0.3 is 0 Å². The Balaban J connectivity index is 2.08. The number of rotatable bonds is 4. The Labute approximate surface area is 100 Å². The molecule has 0 spiro atoms. The number of nitro groups is 1. The van der Waals surface area contributed by atoms with E-state index in [1.54, 1.807) is 12.1 Å². The molecule has 3 N–H and O–H groups in total. The van der Waals surface area contributed by atoms with E-state index in [9.17, 15) is 10.1 Å². The van der Waals surface area contributed by atoms with Crippen molar-refractivity contribution in [1.29, 1.82) is 0 Å². The first kappa shape index (κ1) is 11.9. The molecule has 0 saturated heterocycles. The van der Waals surface area contributed by atoms with Gasteiger partial charge in [-0.15, -0.1) is 0 Å². The number of benzene rings is 1. The third-order valence-electron chi connectivity index (χ3n) is 3.41. The lowest BCUT2D eigenvalue weighted by Gasteiger charge is -2.38.